The van der Waals surface area contributed by atoms with Crippen molar-refractivity contribution in [3.8, 4) is 17.1 Å². The van der Waals surface area contributed by atoms with E-state index in [9.17, 15) is 4.79 Å². The Morgan fingerprint density at radius 1 is 0.939 bits per heavy atom. The SMILES string of the molecule is Cc1cc(N2CCN(C(=O)c3cn(-c4ccccc4)nc3-c3ccc(C)o3)CC2)nc(C)n1. The number of benzene rings is 1. The standard InChI is InChI=1S/C25H26N6O2/c1-17-15-23(27-19(3)26-17)29-11-13-30(14-12-29)25(32)21-16-31(20-7-5-4-6-8-20)28-24(21)22-10-9-18(2)33-22/h4-10,15-16H,11-14H2,1-3H3. The van der Waals surface area contributed by atoms with E-state index in [1.54, 1.807) is 10.9 Å². The Morgan fingerprint density at radius 2 is 1.70 bits per heavy atom. The fraction of sp³-hybridized carbons (Fsp3) is 0.280. The monoisotopic (exact) mass is 442 g/mol. The Hall–Kier alpha value is -3.94. The highest BCUT2D eigenvalue weighted by atomic mass is 16.3. The lowest BCUT2D eigenvalue weighted by atomic mass is 10.1. The normalized spacial score (nSPS) is 14.0. The molecule has 0 saturated carbocycles. The molecule has 1 saturated heterocycles. The summed E-state index contributed by atoms with van der Waals surface area (Å²) in [4.78, 5) is 26.6. The van der Waals surface area contributed by atoms with Crippen LogP contribution >= 0.6 is 0 Å². The zero-order valence-corrected chi connectivity index (χ0v) is 19.0. The van der Waals surface area contributed by atoms with Crippen LogP contribution in [0.3, 0.4) is 0 Å². The molecule has 0 N–H and O–H groups in total. The molecule has 168 valence electrons. The summed E-state index contributed by atoms with van der Waals surface area (Å²) in [6, 6.07) is 15.5. The highest BCUT2D eigenvalue weighted by Crippen LogP contribution is 2.27. The van der Waals surface area contributed by atoms with Crippen molar-refractivity contribution in [3.63, 3.8) is 0 Å². The van der Waals surface area contributed by atoms with Crippen LogP contribution in [0.1, 0.15) is 27.6 Å². The number of para-hydroxylation sites is 1. The molecule has 1 fully saturated rings. The van der Waals surface area contributed by atoms with Crippen LogP contribution in [0.5, 0.6) is 0 Å². The van der Waals surface area contributed by atoms with Gasteiger partial charge in [-0.2, -0.15) is 5.10 Å². The summed E-state index contributed by atoms with van der Waals surface area (Å²) in [5.74, 6) is 3.00. The number of carbonyl (C=O) groups excluding carboxylic acids is 1. The van der Waals surface area contributed by atoms with Gasteiger partial charge in [0, 0.05) is 44.1 Å². The second-order valence-corrected chi connectivity index (χ2v) is 8.28. The fourth-order valence-electron chi connectivity index (χ4n) is 4.16. The maximum absolute atomic E-state index is 13.6. The Morgan fingerprint density at radius 3 is 2.36 bits per heavy atom. The van der Waals surface area contributed by atoms with Gasteiger partial charge in [0.05, 0.1) is 11.3 Å². The van der Waals surface area contributed by atoms with Crippen LogP contribution in [-0.4, -0.2) is 56.7 Å². The van der Waals surface area contributed by atoms with Gasteiger partial charge in [-0.3, -0.25) is 4.79 Å². The predicted molar refractivity (Wildman–Crippen MR) is 126 cm³/mol. The molecule has 0 radical (unpaired) electrons. The van der Waals surface area contributed by atoms with E-state index < -0.39 is 0 Å². The molecule has 8 nitrogen and oxygen atoms in total. The fourth-order valence-corrected chi connectivity index (χ4v) is 4.16. The zero-order chi connectivity index (χ0) is 22.9. The van der Waals surface area contributed by atoms with Crippen LogP contribution in [0.4, 0.5) is 5.82 Å². The van der Waals surface area contributed by atoms with Crippen LogP contribution in [0.2, 0.25) is 0 Å². The summed E-state index contributed by atoms with van der Waals surface area (Å²) in [6.45, 7) is 8.39. The van der Waals surface area contributed by atoms with Gasteiger partial charge in [-0.05, 0) is 45.0 Å². The van der Waals surface area contributed by atoms with Gasteiger partial charge in [0.15, 0.2) is 5.76 Å². The van der Waals surface area contributed by atoms with Crippen molar-refractivity contribution >= 4 is 11.7 Å². The molecule has 8 heteroatoms. The predicted octanol–water partition coefficient (Wildman–Crippen LogP) is 3.81. The minimum atomic E-state index is -0.0454. The topological polar surface area (TPSA) is 80.3 Å². The first kappa shape index (κ1) is 20.9. The van der Waals surface area contributed by atoms with E-state index in [0.29, 0.717) is 43.2 Å². The number of piperazine rings is 1. The first-order chi connectivity index (χ1) is 16.0. The first-order valence-corrected chi connectivity index (χ1v) is 11.1. The highest BCUT2D eigenvalue weighted by Gasteiger charge is 2.28. The lowest BCUT2D eigenvalue weighted by Crippen LogP contribution is -2.49. The number of anilines is 1. The molecule has 0 aliphatic carbocycles. The summed E-state index contributed by atoms with van der Waals surface area (Å²) < 4.78 is 7.56. The van der Waals surface area contributed by atoms with Crippen LogP contribution in [0.15, 0.2) is 59.1 Å². The molecule has 33 heavy (non-hydrogen) atoms. The van der Waals surface area contributed by atoms with E-state index in [1.165, 1.54) is 0 Å². The third kappa shape index (κ3) is 4.24. The van der Waals surface area contributed by atoms with Gasteiger partial charge in [-0.25, -0.2) is 14.6 Å². The van der Waals surface area contributed by atoms with Gasteiger partial charge in [-0.15, -0.1) is 0 Å². The van der Waals surface area contributed by atoms with Crippen molar-refractivity contribution in [2.24, 2.45) is 0 Å². The van der Waals surface area contributed by atoms with Gasteiger partial charge >= 0.3 is 0 Å². The average Bonchev–Trinajstić information content (AvgIpc) is 3.45. The van der Waals surface area contributed by atoms with Crippen molar-refractivity contribution < 1.29 is 9.21 Å². The summed E-state index contributed by atoms with van der Waals surface area (Å²) in [6.07, 6.45) is 1.80. The van der Waals surface area contributed by atoms with Crippen molar-refractivity contribution in [1.82, 2.24) is 24.6 Å². The second kappa shape index (κ2) is 8.54. The van der Waals surface area contributed by atoms with Crippen molar-refractivity contribution in [2.45, 2.75) is 20.8 Å². The molecule has 0 spiro atoms. The molecule has 1 amide bonds. The van der Waals surface area contributed by atoms with E-state index in [1.807, 2.05) is 74.2 Å². The van der Waals surface area contributed by atoms with E-state index in [2.05, 4.69) is 14.9 Å². The lowest BCUT2D eigenvalue weighted by molar-refractivity contribution is 0.0747. The molecule has 4 heterocycles. The largest absolute Gasteiger partial charge is 0.460 e. The number of amides is 1. The second-order valence-electron chi connectivity index (χ2n) is 8.28. The number of rotatable bonds is 4. The number of nitrogens with zero attached hydrogens (tertiary/aromatic N) is 6. The van der Waals surface area contributed by atoms with Crippen LogP contribution in [0, 0.1) is 20.8 Å². The molecule has 0 atom stereocenters. The van der Waals surface area contributed by atoms with E-state index in [0.717, 1.165) is 28.8 Å². The number of hydrogen-bond donors (Lipinski definition) is 0. The van der Waals surface area contributed by atoms with Crippen molar-refractivity contribution in [3.05, 3.63) is 77.6 Å². The van der Waals surface area contributed by atoms with Crippen LogP contribution in [-0.2, 0) is 0 Å². The maximum atomic E-state index is 13.6. The Kier molecular flexibility index (Phi) is 5.42. The quantitative estimate of drug-likeness (QED) is 0.478. The summed E-state index contributed by atoms with van der Waals surface area (Å²) >= 11 is 0. The van der Waals surface area contributed by atoms with E-state index >= 15 is 0 Å². The van der Waals surface area contributed by atoms with Crippen LogP contribution in [0.25, 0.3) is 17.1 Å². The Balaban J connectivity index is 1.40. The molecular formula is C25H26N6O2. The zero-order valence-electron chi connectivity index (χ0n) is 19.0. The lowest BCUT2D eigenvalue weighted by Gasteiger charge is -2.35. The van der Waals surface area contributed by atoms with Gasteiger partial charge in [0.25, 0.3) is 5.91 Å². The molecule has 1 aliphatic rings. The molecular weight excluding hydrogens is 416 g/mol. The van der Waals surface area contributed by atoms with Gasteiger partial charge in [-0.1, -0.05) is 18.2 Å². The van der Waals surface area contributed by atoms with Gasteiger partial charge in [0.2, 0.25) is 0 Å². The minimum Gasteiger partial charge on any atom is -0.460 e. The molecule has 3 aromatic heterocycles. The minimum absolute atomic E-state index is 0.0454. The third-order valence-corrected chi connectivity index (χ3v) is 5.78. The maximum Gasteiger partial charge on any atom is 0.257 e. The molecule has 0 bridgehead atoms. The Labute approximate surface area is 192 Å². The van der Waals surface area contributed by atoms with E-state index in [4.69, 9.17) is 9.52 Å². The molecule has 1 aliphatic heterocycles. The smallest absolute Gasteiger partial charge is 0.257 e. The molecule has 1 aromatic carbocycles. The summed E-state index contributed by atoms with van der Waals surface area (Å²) in [5, 5.41) is 4.71. The molecule has 4 aromatic rings. The number of furan rings is 1. The third-order valence-electron chi connectivity index (χ3n) is 5.78. The van der Waals surface area contributed by atoms with Crippen molar-refractivity contribution in [2.75, 3.05) is 31.1 Å². The van der Waals surface area contributed by atoms with Crippen LogP contribution < -0.4 is 4.90 Å². The Bertz CT molecular complexity index is 1270. The number of hydrogen-bond acceptors (Lipinski definition) is 6. The molecule has 0 unspecified atom stereocenters. The average molecular weight is 443 g/mol. The summed E-state index contributed by atoms with van der Waals surface area (Å²) in [7, 11) is 0. The number of carbonyl (C=O) groups is 1. The van der Waals surface area contributed by atoms with E-state index in [-0.39, 0.29) is 5.91 Å². The van der Waals surface area contributed by atoms with Crippen molar-refractivity contribution in [1.29, 1.82) is 0 Å². The molecule has 5 rings (SSSR count). The first-order valence-electron chi connectivity index (χ1n) is 11.1. The van der Waals surface area contributed by atoms with Gasteiger partial charge in [0.1, 0.15) is 23.1 Å². The highest BCUT2D eigenvalue weighted by molar-refractivity contribution is 5.99. The number of aromatic nitrogens is 4. The number of aryl methyl sites for hydroxylation is 3. The van der Waals surface area contributed by atoms with Gasteiger partial charge < -0.3 is 14.2 Å². The summed E-state index contributed by atoms with van der Waals surface area (Å²) in [5.41, 5.74) is 2.93.